The first-order valence-corrected chi connectivity index (χ1v) is 9.98. The highest BCUT2D eigenvalue weighted by molar-refractivity contribution is 6.01. The Hall–Kier alpha value is -2.53. The number of furan rings is 1. The molecule has 1 N–H and O–H groups in total. The van der Waals surface area contributed by atoms with Crippen LogP contribution in [-0.2, 0) is 11.3 Å². The third kappa shape index (κ3) is 4.65. The molecule has 1 aliphatic heterocycles. The summed E-state index contributed by atoms with van der Waals surface area (Å²) in [5.41, 5.74) is 6.48. The van der Waals surface area contributed by atoms with Crippen LogP contribution in [0.4, 0.5) is 11.4 Å². The van der Waals surface area contributed by atoms with Gasteiger partial charge in [0.25, 0.3) is 0 Å². The van der Waals surface area contributed by atoms with Crippen molar-refractivity contribution in [1.82, 2.24) is 5.32 Å². The highest BCUT2D eigenvalue weighted by Gasteiger charge is 2.16. The normalized spacial score (nSPS) is 15.0. The number of hydrogen-bond acceptors (Lipinski definition) is 5. The van der Waals surface area contributed by atoms with E-state index in [0.29, 0.717) is 6.54 Å². The standard InChI is InChI=1S/C23H31N3O2/c1-6-21(19(5)24-15-20-9-8-17(3)28-20)25-23-16(2)7-10-22(18(23)4)26-11-13-27-14-12-26/h7-10,24H,5-6,11-15H2,1-4H3. The number of nitrogens with one attached hydrogen (secondary N) is 1. The Morgan fingerprint density at radius 3 is 2.54 bits per heavy atom. The van der Waals surface area contributed by atoms with E-state index in [1.165, 1.54) is 16.8 Å². The summed E-state index contributed by atoms with van der Waals surface area (Å²) in [4.78, 5) is 7.40. The van der Waals surface area contributed by atoms with Crippen molar-refractivity contribution in [2.45, 2.75) is 40.7 Å². The molecule has 0 bridgehead atoms. The first kappa shape index (κ1) is 20.2. The SMILES string of the molecule is C=C(NCc1ccc(C)o1)C(CC)=Nc1c(C)ccc(N2CCOCC2)c1C. The van der Waals surface area contributed by atoms with E-state index in [4.69, 9.17) is 14.1 Å². The van der Waals surface area contributed by atoms with Crippen molar-refractivity contribution in [3.8, 4) is 0 Å². The number of allylic oxidation sites excluding steroid dienone is 1. The summed E-state index contributed by atoms with van der Waals surface area (Å²) >= 11 is 0. The number of benzene rings is 1. The monoisotopic (exact) mass is 381 g/mol. The van der Waals surface area contributed by atoms with Gasteiger partial charge in [0.15, 0.2) is 0 Å². The Morgan fingerprint density at radius 2 is 1.89 bits per heavy atom. The van der Waals surface area contributed by atoms with Crippen molar-refractivity contribution in [2.24, 2.45) is 4.99 Å². The molecule has 0 saturated carbocycles. The summed E-state index contributed by atoms with van der Waals surface area (Å²) in [6.45, 7) is 16.5. The van der Waals surface area contributed by atoms with Crippen molar-refractivity contribution in [1.29, 1.82) is 0 Å². The smallest absolute Gasteiger partial charge is 0.123 e. The molecule has 2 aromatic rings. The van der Waals surface area contributed by atoms with Gasteiger partial charge in [-0.15, -0.1) is 0 Å². The topological polar surface area (TPSA) is 50.0 Å². The Kier molecular flexibility index (Phi) is 6.57. The van der Waals surface area contributed by atoms with Gasteiger partial charge in [-0.2, -0.15) is 0 Å². The third-order valence-electron chi connectivity index (χ3n) is 5.16. The first-order valence-electron chi connectivity index (χ1n) is 9.98. The molecule has 1 aliphatic rings. The molecular formula is C23H31N3O2. The molecule has 1 fully saturated rings. The van der Waals surface area contributed by atoms with Gasteiger partial charge in [0, 0.05) is 24.5 Å². The van der Waals surface area contributed by atoms with Gasteiger partial charge in [-0.25, -0.2) is 0 Å². The maximum absolute atomic E-state index is 5.63. The minimum atomic E-state index is 0.609. The average Bonchev–Trinajstić information content (AvgIpc) is 3.12. The molecule has 1 saturated heterocycles. The number of nitrogens with zero attached hydrogens (tertiary/aromatic N) is 2. The van der Waals surface area contributed by atoms with E-state index in [9.17, 15) is 0 Å². The average molecular weight is 382 g/mol. The molecule has 3 rings (SSSR count). The predicted molar refractivity (Wildman–Crippen MR) is 116 cm³/mol. The fourth-order valence-electron chi connectivity index (χ4n) is 3.51. The van der Waals surface area contributed by atoms with E-state index in [1.54, 1.807) is 0 Å². The summed E-state index contributed by atoms with van der Waals surface area (Å²) in [6.07, 6.45) is 0.809. The van der Waals surface area contributed by atoms with Crippen LogP contribution in [0.3, 0.4) is 0 Å². The lowest BCUT2D eigenvalue weighted by atomic mass is 10.1. The van der Waals surface area contributed by atoms with Crippen molar-refractivity contribution >= 4 is 17.1 Å². The van der Waals surface area contributed by atoms with Crippen molar-refractivity contribution < 1.29 is 9.15 Å². The van der Waals surface area contributed by atoms with Crippen LogP contribution in [0.2, 0.25) is 0 Å². The second-order valence-corrected chi connectivity index (χ2v) is 7.23. The van der Waals surface area contributed by atoms with Crippen molar-refractivity contribution in [3.63, 3.8) is 0 Å². The Bertz CT molecular complexity index is 861. The molecule has 0 radical (unpaired) electrons. The first-order chi connectivity index (χ1) is 13.5. The molecule has 0 atom stereocenters. The summed E-state index contributed by atoms with van der Waals surface area (Å²) < 4.78 is 11.1. The molecule has 2 heterocycles. The number of aryl methyl sites for hydroxylation is 2. The fourth-order valence-corrected chi connectivity index (χ4v) is 3.51. The van der Waals surface area contributed by atoms with Crippen LogP contribution in [0, 0.1) is 20.8 Å². The van der Waals surface area contributed by atoms with Gasteiger partial charge >= 0.3 is 0 Å². The lowest BCUT2D eigenvalue weighted by molar-refractivity contribution is 0.122. The van der Waals surface area contributed by atoms with Gasteiger partial charge in [0.05, 0.1) is 31.2 Å². The Labute approximate surface area is 168 Å². The largest absolute Gasteiger partial charge is 0.465 e. The fraction of sp³-hybridized carbons (Fsp3) is 0.435. The zero-order valence-corrected chi connectivity index (χ0v) is 17.5. The van der Waals surface area contributed by atoms with Crippen molar-refractivity contribution in [2.75, 3.05) is 31.2 Å². The molecule has 1 aromatic carbocycles. The van der Waals surface area contributed by atoms with Gasteiger partial charge in [-0.3, -0.25) is 4.99 Å². The second-order valence-electron chi connectivity index (χ2n) is 7.23. The highest BCUT2D eigenvalue weighted by Crippen LogP contribution is 2.33. The van der Waals surface area contributed by atoms with E-state index in [-0.39, 0.29) is 0 Å². The van der Waals surface area contributed by atoms with Gasteiger partial charge < -0.3 is 19.4 Å². The number of ether oxygens (including phenoxy) is 1. The summed E-state index contributed by atoms with van der Waals surface area (Å²) in [7, 11) is 0. The molecule has 0 unspecified atom stereocenters. The molecule has 0 aliphatic carbocycles. The highest BCUT2D eigenvalue weighted by atomic mass is 16.5. The zero-order valence-electron chi connectivity index (χ0n) is 17.5. The quantitative estimate of drug-likeness (QED) is 0.698. The number of hydrogen-bond donors (Lipinski definition) is 1. The molecule has 1 aromatic heterocycles. The summed E-state index contributed by atoms with van der Waals surface area (Å²) in [5.74, 6) is 1.81. The van der Waals surface area contributed by atoms with Gasteiger partial charge in [-0.05, 0) is 56.5 Å². The van der Waals surface area contributed by atoms with Crippen molar-refractivity contribution in [3.05, 3.63) is 59.2 Å². The molecular weight excluding hydrogens is 350 g/mol. The van der Waals surface area contributed by atoms with Crippen LogP contribution < -0.4 is 10.2 Å². The van der Waals surface area contributed by atoms with E-state index < -0.39 is 0 Å². The third-order valence-corrected chi connectivity index (χ3v) is 5.16. The number of anilines is 1. The maximum Gasteiger partial charge on any atom is 0.123 e. The van der Waals surface area contributed by atoms with Gasteiger partial charge in [0.2, 0.25) is 0 Å². The molecule has 5 nitrogen and oxygen atoms in total. The predicted octanol–water partition coefficient (Wildman–Crippen LogP) is 4.83. The van der Waals surface area contributed by atoms with Crippen LogP contribution >= 0.6 is 0 Å². The molecule has 28 heavy (non-hydrogen) atoms. The maximum atomic E-state index is 5.63. The van der Waals surface area contributed by atoms with Gasteiger partial charge in [-0.1, -0.05) is 19.6 Å². The number of rotatable bonds is 7. The minimum absolute atomic E-state index is 0.609. The second kappa shape index (κ2) is 9.11. The number of aliphatic imine (C=N–C) groups is 1. The van der Waals surface area contributed by atoms with Gasteiger partial charge in [0.1, 0.15) is 11.5 Å². The Morgan fingerprint density at radius 1 is 1.14 bits per heavy atom. The van der Waals surface area contributed by atoms with Crippen LogP contribution in [0.15, 0.2) is 46.0 Å². The Balaban J connectivity index is 1.81. The minimum Gasteiger partial charge on any atom is -0.465 e. The van der Waals surface area contributed by atoms with E-state index in [1.807, 2.05) is 19.1 Å². The zero-order chi connectivity index (χ0) is 20.1. The lowest BCUT2D eigenvalue weighted by Gasteiger charge is -2.31. The van der Waals surface area contributed by atoms with Crippen LogP contribution in [0.25, 0.3) is 0 Å². The molecule has 0 amide bonds. The summed E-state index contributed by atoms with van der Waals surface area (Å²) in [5, 5.41) is 3.35. The molecule has 5 heteroatoms. The molecule has 150 valence electrons. The van der Waals surface area contributed by atoms with Crippen LogP contribution in [0.5, 0.6) is 0 Å². The summed E-state index contributed by atoms with van der Waals surface area (Å²) in [6, 6.07) is 8.32. The lowest BCUT2D eigenvalue weighted by Crippen LogP contribution is -2.36. The van der Waals surface area contributed by atoms with E-state index in [2.05, 4.69) is 49.7 Å². The van der Waals surface area contributed by atoms with Crippen LogP contribution in [0.1, 0.15) is 36.0 Å². The number of morpholine rings is 1. The van der Waals surface area contributed by atoms with Crippen LogP contribution in [-0.4, -0.2) is 32.0 Å². The van der Waals surface area contributed by atoms with E-state index >= 15 is 0 Å². The van der Waals surface area contributed by atoms with E-state index in [0.717, 1.165) is 61.3 Å². The molecule has 0 spiro atoms.